The summed E-state index contributed by atoms with van der Waals surface area (Å²) in [4.78, 5) is 3.50. The van der Waals surface area contributed by atoms with E-state index in [4.69, 9.17) is 0 Å². The SMILES string of the molecule is Cc1ccc(N2CN(c3ccc(F)cc3F)c3ccccc32)c(F)c1. The van der Waals surface area contributed by atoms with Crippen molar-refractivity contribution in [2.24, 2.45) is 0 Å². The Kier molecular flexibility index (Phi) is 3.64. The molecule has 25 heavy (non-hydrogen) atoms. The lowest BCUT2D eigenvalue weighted by molar-refractivity contribution is 0.582. The predicted molar refractivity (Wildman–Crippen MR) is 93.1 cm³/mol. The topological polar surface area (TPSA) is 6.48 Å². The fourth-order valence-corrected chi connectivity index (χ4v) is 3.16. The van der Waals surface area contributed by atoms with Gasteiger partial charge in [0.2, 0.25) is 0 Å². The Hall–Kier alpha value is -2.95. The molecule has 4 rings (SSSR count). The standard InChI is InChI=1S/C20H15F3N2/c1-13-6-8-17(15(22)10-13)24-12-25(20-5-3-2-4-19(20)24)18-9-7-14(21)11-16(18)23/h2-11H,12H2,1H3. The Bertz CT molecular complexity index is 879. The van der Waals surface area contributed by atoms with Crippen LogP contribution >= 0.6 is 0 Å². The maximum absolute atomic E-state index is 14.5. The van der Waals surface area contributed by atoms with Gasteiger partial charge in [-0.15, -0.1) is 0 Å². The number of aryl methyl sites for hydroxylation is 1. The van der Waals surface area contributed by atoms with E-state index in [1.807, 2.05) is 37.3 Å². The van der Waals surface area contributed by atoms with Crippen molar-refractivity contribution in [1.82, 2.24) is 0 Å². The normalized spacial score (nSPS) is 13.3. The summed E-state index contributed by atoms with van der Waals surface area (Å²) in [5.74, 6) is -1.62. The van der Waals surface area contributed by atoms with E-state index in [-0.39, 0.29) is 18.2 Å². The Labute approximate surface area is 143 Å². The maximum atomic E-state index is 14.5. The number of para-hydroxylation sites is 2. The van der Waals surface area contributed by atoms with Crippen molar-refractivity contribution in [2.45, 2.75) is 6.92 Å². The lowest BCUT2D eigenvalue weighted by atomic mass is 10.2. The van der Waals surface area contributed by atoms with Crippen molar-refractivity contribution in [1.29, 1.82) is 0 Å². The Morgan fingerprint density at radius 2 is 1.24 bits per heavy atom. The predicted octanol–water partition coefficient (Wildman–Crippen LogP) is 5.66. The molecule has 0 saturated heterocycles. The lowest BCUT2D eigenvalue weighted by Crippen LogP contribution is -2.25. The Morgan fingerprint density at radius 1 is 0.680 bits per heavy atom. The molecule has 0 fully saturated rings. The van der Waals surface area contributed by atoms with Crippen LogP contribution in [0.3, 0.4) is 0 Å². The summed E-state index contributed by atoms with van der Waals surface area (Å²) >= 11 is 0. The third-order valence-corrected chi connectivity index (χ3v) is 4.34. The molecule has 1 heterocycles. The zero-order valence-electron chi connectivity index (χ0n) is 13.5. The van der Waals surface area contributed by atoms with Crippen LogP contribution in [-0.2, 0) is 0 Å². The molecule has 1 aliphatic rings. The van der Waals surface area contributed by atoms with Crippen LogP contribution in [0.5, 0.6) is 0 Å². The molecule has 126 valence electrons. The van der Waals surface area contributed by atoms with E-state index in [2.05, 4.69) is 0 Å². The number of halogens is 3. The van der Waals surface area contributed by atoms with Crippen LogP contribution in [0.25, 0.3) is 0 Å². The summed E-state index contributed by atoms with van der Waals surface area (Å²) < 4.78 is 42.0. The van der Waals surface area contributed by atoms with Crippen LogP contribution in [0.15, 0.2) is 60.7 Å². The number of hydrogen-bond acceptors (Lipinski definition) is 2. The average molecular weight is 340 g/mol. The van der Waals surface area contributed by atoms with Gasteiger partial charge in [-0.3, -0.25) is 0 Å². The van der Waals surface area contributed by atoms with Crippen LogP contribution in [0.2, 0.25) is 0 Å². The second-order valence-electron chi connectivity index (χ2n) is 6.04. The van der Waals surface area contributed by atoms with Crippen molar-refractivity contribution in [2.75, 3.05) is 16.5 Å². The van der Waals surface area contributed by atoms with Gasteiger partial charge in [0.1, 0.15) is 24.1 Å². The molecule has 0 spiro atoms. The molecule has 0 amide bonds. The number of fused-ring (bicyclic) bond motifs is 1. The zero-order valence-corrected chi connectivity index (χ0v) is 13.5. The van der Waals surface area contributed by atoms with Crippen molar-refractivity contribution in [3.05, 3.63) is 83.7 Å². The van der Waals surface area contributed by atoms with Gasteiger partial charge in [-0.1, -0.05) is 18.2 Å². The molecule has 2 nitrogen and oxygen atoms in total. The molecule has 0 aliphatic carbocycles. The second kappa shape index (κ2) is 5.84. The molecule has 0 unspecified atom stereocenters. The molecule has 3 aromatic carbocycles. The number of rotatable bonds is 2. The van der Waals surface area contributed by atoms with Gasteiger partial charge in [-0.25, -0.2) is 13.2 Å². The van der Waals surface area contributed by atoms with Crippen LogP contribution in [0, 0.1) is 24.4 Å². The number of anilines is 4. The molecule has 5 heteroatoms. The molecule has 0 saturated carbocycles. The quantitative estimate of drug-likeness (QED) is 0.594. The van der Waals surface area contributed by atoms with E-state index in [1.165, 1.54) is 18.2 Å². The molecule has 0 N–H and O–H groups in total. The van der Waals surface area contributed by atoms with Gasteiger partial charge in [0.05, 0.1) is 22.7 Å². The minimum absolute atomic E-state index is 0.238. The van der Waals surface area contributed by atoms with Gasteiger partial charge in [0, 0.05) is 6.07 Å². The van der Waals surface area contributed by atoms with Crippen molar-refractivity contribution in [3.63, 3.8) is 0 Å². The highest BCUT2D eigenvalue weighted by Crippen LogP contribution is 2.45. The molecule has 0 bridgehead atoms. The molecular weight excluding hydrogens is 325 g/mol. The van der Waals surface area contributed by atoms with E-state index in [0.717, 1.165) is 23.0 Å². The number of nitrogens with zero attached hydrogens (tertiary/aromatic N) is 2. The number of hydrogen-bond donors (Lipinski definition) is 0. The first-order valence-corrected chi connectivity index (χ1v) is 7.90. The van der Waals surface area contributed by atoms with Gasteiger partial charge in [0.15, 0.2) is 0 Å². The first-order valence-electron chi connectivity index (χ1n) is 7.90. The third-order valence-electron chi connectivity index (χ3n) is 4.34. The van der Waals surface area contributed by atoms with Gasteiger partial charge in [0.25, 0.3) is 0 Å². The van der Waals surface area contributed by atoms with Crippen molar-refractivity contribution in [3.8, 4) is 0 Å². The third kappa shape index (κ3) is 2.61. The fourth-order valence-electron chi connectivity index (χ4n) is 3.16. The van der Waals surface area contributed by atoms with Crippen molar-refractivity contribution < 1.29 is 13.2 Å². The fraction of sp³-hybridized carbons (Fsp3) is 0.100. The summed E-state index contributed by atoms with van der Waals surface area (Å²) in [5, 5.41) is 0. The number of benzene rings is 3. The van der Waals surface area contributed by atoms with E-state index in [9.17, 15) is 13.2 Å². The molecule has 0 atom stereocenters. The molecular formula is C20H15F3N2. The first kappa shape index (κ1) is 15.6. The smallest absolute Gasteiger partial charge is 0.149 e. The maximum Gasteiger partial charge on any atom is 0.149 e. The Morgan fingerprint density at radius 3 is 1.80 bits per heavy atom. The van der Waals surface area contributed by atoms with Gasteiger partial charge in [-0.05, 0) is 48.9 Å². The van der Waals surface area contributed by atoms with Crippen LogP contribution in [0.1, 0.15) is 5.56 Å². The summed E-state index contributed by atoms with van der Waals surface area (Å²) in [5.41, 5.74) is 3.02. The average Bonchev–Trinajstić information content (AvgIpc) is 2.94. The van der Waals surface area contributed by atoms with Gasteiger partial charge >= 0.3 is 0 Å². The first-order chi connectivity index (χ1) is 12.0. The van der Waals surface area contributed by atoms with Gasteiger partial charge < -0.3 is 9.80 Å². The molecule has 0 aromatic heterocycles. The minimum atomic E-state index is -0.652. The largest absolute Gasteiger partial charge is 0.318 e. The van der Waals surface area contributed by atoms with Gasteiger partial charge in [-0.2, -0.15) is 0 Å². The van der Waals surface area contributed by atoms with E-state index >= 15 is 0 Å². The zero-order chi connectivity index (χ0) is 17.6. The summed E-state index contributed by atoms with van der Waals surface area (Å²) in [7, 11) is 0. The molecule has 0 radical (unpaired) electrons. The lowest BCUT2D eigenvalue weighted by Gasteiger charge is -2.23. The van der Waals surface area contributed by atoms with Crippen molar-refractivity contribution >= 4 is 22.7 Å². The highest BCUT2D eigenvalue weighted by molar-refractivity contribution is 5.87. The Balaban J connectivity index is 1.82. The molecule has 1 aliphatic heterocycles. The summed E-state index contributed by atoms with van der Waals surface area (Å²) in [6.07, 6.45) is 0. The second-order valence-corrected chi connectivity index (χ2v) is 6.04. The monoisotopic (exact) mass is 340 g/mol. The highest BCUT2D eigenvalue weighted by Gasteiger charge is 2.30. The highest BCUT2D eigenvalue weighted by atomic mass is 19.1. The van der Waals surface area contributed by atoms with Crippen LogP contribution in [0.4, 0.5) is 35.9 Å². The van der Waals surface area contributed by atoms with Crippen LogP contribution < -0.4 is 9.80 Å². The summed E-state index contributed by atoms with van der Waals surface area (Å²) in [6, 6.07) is 15.9. The van der Waals surface area contributed by atoms with E-state index in [1.54, 1.807) is 15.9 Å². The van der Waals surface area contributed by atoms with E-state index in [0.29, 0.717) is 5.69 Å². The molecule has 3 aromatic rings. The minimum Gasteiger partial charge on any atom is -0.318 e. The summed E-state index contributed by atoms with van der Waals surface area (Å²) in [6.45, 7) is 2.06. The van der Waals surface area contributed by atoms with Crippen LogP contribution in [-0.4, -0.2) is 6.67 Å². The van der Waals surface area contributed by atoms with E-state index < -0.39 is 11.6 Å².